The minimum absolute atomic E-state index is 0.264. The Morgan fingerprint density at radius 2 is 2.00 bits per heavy atom. The monoisotopic (exact) mass is 228 g/mol. The summed E-state index contributed by atoms with van der Waals surface area (Å²) in [5, 5.41) is 0.834. The Hall–Kier alpha value is -1.19. The van der Waals surface area contributed by atoms with Crippen LogP contribution in [0.3, 0.4) is 0 Å². The lowest BCUT2D eigenvalue weighted by atomic mass is 10.3. The van der Waals surface area contributed by atoms with E-state index in [0.29, 0.717) is 15.8 Å². The molecule has 71 valence electrons. The molecule has 0 amide bonds. The molecule has 5 heteroatoms. The number of hydrogen-bond acceptors (Lipinski definition) is 3. The molecule has 0 bridgehead atoms. The molecule has 0 aliphatic heterocycles. The Morgan fingerprint density at radius 1 is 1.29 bits per heavy atom. The zero-order valence-electron chi connectivity index (χ0n) is 6.83. The van der Waals surface area contributed by atoms with Crippen molar-refractivity contribution in [3.8, 4) is 11.6 Å². The SMILES string of the molecule is Clc1cccc(Cl)c1Oc1co[c]n1. The highest BCUT2D eigenvalue weighted by Crippen LogP contribution is 2.35. The summed E-state index contributed by atoms with van der Waals surface area (Å²) in [7, 11) is 0. The Kier molecular flexibility index (Phi) is 2.61. The van der Waals surface area contributed by atoms with Gasteiger partial charge in [0.25, 0.3) is 12.3 Å². The molecule has 0 unspecified atom stereocenters. The molecule has 2 aromatic rings. The highest BCUT2D eigenvalue weighted by molar-refractivity contribution is 6.37. The van der Waals surface area contributed by atoms with Crippen LogP contribution in [-0.2, 0) is 0 Å². The largest absolute Gasteiger partial charge is 0.437 e. The fraction of sp³-hybridized carbons (Fsp3) is 0. The van der Waals surface area contributed by atoms with E-state index < -0.39 is 0 Å². The van der Waals surface area contributed by atoms with Gasteiger partial charge in [-0.1, -0.05) is 29.3 Å². The molecule has 1 radical (unpaired) electrons. The lowest BCUT2D eigenvalue weighted by Crippen LogP contribution is -1.85. The Bertz CT molecular complexity index is 408. The molecule has 1 aromatic carbocycles. The number of para-hydroxylation sites is 1. The first kappa shape index (κ1) is 9.37. The molecule has 0 N–H and O–H groups in total. The van der Waals surface area contributed by atoms with Crippen LogP contribution in [0, 0.1) is 6.39 Å². The van der Waals surface area contributed by atoms with Gasteiger partial charge in [-0.2, -0.15) is 4.98 Å². The average Bonchev–Trinajstić information content (AvgIpc) is 2.64. The van der Waals surface area contributed by atoms with E-state index in [-0.39, 0.29) is 5.88 Å². The summed E-state index contributed by atoms with van der Waals surface area (Å²) in [5.74, 6) is 0.623. The quantitative estimate of drug-likeness (QED) is 0.789. The number of oxazole rings is 1. The second-order valence-corrected chi connectivity index (χ2v) is 3.24. The van der Waals surface area contributed by atoms with E-state index in [9.17, 15) is 0 Å². The molecule has 0 aliphatic rings. The molecule has 1 aromatic heterocycles. The molecule has 0 saturated carbocycles. The Morgan fingerprint density at radius 3 is 2.57 bits per heavy atom. The third kappa shape index (κ3) is 1.84. The minimum Gasteiger partial charge on any atom is -0.437 e. The van der Waals surface area contributed by atoms with Crippen LogP contribution in [0.1, 0.15) is 0 Å². The number of halogens is 2. The molecule has 2 rings (SSSR count). The normalized spacial score (nSPS) is 10.1. The lowest BCUT2D eigenvalue weighted by molar-refractivity contribution is 0.457. The van der Waals surface area contributed by atoms with Crippen LogP contribution in [0.5, 0.6) is 11.6 Å². The molecule has 0 fully saturated rings. The summed E-state index contributed by atoms with van der Waals surface area (Å²) in [6, 6.07) is 5.07. The average molecular weight is 229 g/mol. The molecule has 3 nitrogen and oxygen atoms in total. The summed E-state index contributed by atoms with van der Waals surface area (Å²) in [6.45, 7) is 0. The van der Waals surface area contributed by atoms with Gasteiger partial charge in [-0.15, -0.1) is 0 Å². The summed E-state index contributed by atoms with van der Waals surface area (Å²) in [4.78, 5) is 3.66. The lowest BCUT2D eigenvalue weighted by Gasteiger charge is -2.05. The van der Waals surface area contributed by atoms with Gasteiger partial charge in [-0.3, -0.25) is 0 Å². The third-order valence-corrected chi connectivity index (χ3v) is 2.09. The van der Waals surface area contributed by atoms with Crippen molar-refractivity contribution < 1.29 is 9.15 Å². The van der Waals surface area contributed by atoms with Gasteiger partial charge in [0.1, 0.15) is 0 Å². The fourth-order valence-electron chi connectivity index (χ4n) is 0.906. The Labute approximate surface area is 90.2 Å². The summed E-state index contributed by atoms with van der Waals surface area (Å²) in [5.41, 5.74) is 0. The fourth-order valence-corrected chi connectivity index (χ4v) is 1.38. The molecule has 0 saturated heterocycles. The van der Waals surface area contributed by atoms with Crippen LogP contribution in [-0.4, -0.2) is 4.98 Å². The number of nitrogens with zero attached hydrogens (tertiary/aromatic N) is 1. The predicted molar refractivity (Wildman–Crippen MR) is 51.9 cm³/mol. The molecular weight excluding hydrogens is 225 g/mol. The van der Waals surface area contributed by atoms with Crippen LogP contribution in [0.2, 0.25) is 10.0 Å². The summed E-state index contributed by atoms with van der Waals surface area (Å²) < 4.78 is 9.90. The maximum Gasteiger partial charge on any atom is 0.287 e. The van der Waals surface area contributed by atoms with Gasteiger partial charge in [0.15, 0.2) is 12.0 Å². The van der Waals surface area contributed by atoms with Crippen molar-refractivity contribution in [3.05, 3.63) is 40.9 Å². The molecule has 0 aliphatic carbocycles. The van der Waals surface area contributed by atoms with E-state index in [1.165, 1.54) is 6.26 Å². The third-order valence-electron chi connectivity index (χ3n) is 1.49. The van der Waals surface area contributed by atoms with Gasteiger partial charge in [0.05, 0.1) is 10.0 Å². The smallest absolute Gasteiger partial charge is 0.287 e. The standard InChI is InChI=1S/C9H4Cl2NO2/c10-6-2-1-3-7(11)9(6)14-8-4-13-5-12-8/h1-4H. The molecule has 0 spiro atoms. The maximum absolute atomic E-state index is 5.87. The van der Waals surface area contributed by atoms with E-state index in [0.717, 1.165) is 0 Å². The Balaban J connectivity index is 2.33. The van der Waals surface area contributed by atoms with E-state index in [4.69, 9.17) is 27.9 Å². The van der Waals surface area contributed by atoms with Crippen molar-refractivity contribution in [2.75, 3.05) is 0 Å². The van der Waals surface area contributed by atoms with Crippen molar-refractivity contribution in [1.29, 1.82) is 0 Å². The van der Waals surface area contributed by atoms with E-state index in [1.807, 2.05) is 0 Å². The summed E-state index contributed by atoms with van der Waals surface area (Å²) >= 11 is 11.7. The number of ether oxygens (including phenoxy) is 1. The number of hydrogen-bond donors (Lipinski definition) is 0. The molecule has 1 heterocycles. The number of rotatable bonds is 2. The van der Waals surface area contributed by atoms with Gasteiger partial charge in [0, 0.05) is 0 Å². The minimum atomic E-state index is 0.264. The van der Waals surface area contributed by atoms with Crippen LogP contribution in [0.25, 0.3) is 0 Å². The van der Waals surface area contributed by atoms with Crippen LogP contribution in [0.15, 0.2) is 28.9 Å². The van der Waals surface area contributed by atoms with Crippen molar-refractivity contribution in [2.45, 2.75) is 0 Å². The van der Waals surface area contributed by atoms with Gasteiger partial charge < -0.3 is 9.15 Å². The molecule has 14 heavy (non-hydrogen) atoms. The van der Waals surface area contributed by atoms with Crippen LogP contribution in [0.4, 0.5) is 0 Å². The van der Waals surface area contributed by atoms with Gasteiger partial charge in [-0.25, -0.2) is 0 Å². The highest BCUT2D eigenvalue weighted by atomic mass is 35.5. The first-order valence-electron chi connectivity index (χ1n) is 3.71. The van der Waals surface area contributed by atoms with Crippen molar-refractivity contribution >= 4 is 23.2 Å². The van der Waals surface area contributed by atoms with Gasteiger partial charge in [-0.05, 0) is 12.1 Å². The number of aromatic nitrogens is 1. The van der Waals surface area contributed by atoms with Crippen molar-refractivity contribution in [1.82, 2.24) is 4.98 Å². The van der Waals surface area contributed by atoms with E-state index in [2.05, 4.69) is 15.8 Å². The zero-order chi connectivity index (χ0) is 9.97. The maximum atomic E-state index is 5.87. The zero-order valence-corrected chi connectivity index (χ0v) is 8.34. The van der Waals surface area contributed by atoms with Crippen molar-refractivity contribution in [2.24, 2.45) is 0 Å². The second kappa shape index (κ2) is 3.90. The topological polar surface area (TPSA) is 35.3 Å². The second-order valence-electron chi connectivity index (χ2n) is 2.43. The molecular formula is C9H4Cl2NO2. The van der Waals surface area contributed by atoms with Gasteiger partial charge in [0.2, 0.25) is 0 Å². The van der Waals surface area contributed by atoms with Crippen molar-refractivity contribution in [3.63, 3.8) is 0 Å². The van der Waals surface area contributed by atoms with Crippen LogP contribution < -0.4 is 4.74 Å². The first-order chi connectivity index (χ1) is 6.77. The highest BCUT2D eigenvalue weighted by Gasteiger charge is 2.09. The van der Waals surface area contributed by atoms with Crippen LogP contribution >= 0.6 is 23.2 Å². The predicted octanol–water partition coefficient (Wildman–Crippen LogP) is 3.57. The van der Waals surface area contributed by atoms with E-state index >= 15 is 0 Å². The first-order valence-corrected chi connectivity index (χ1v) is 4.46. The number of benzene rings is 1. The van der Waals surface area contributed by atoms with Gasteiger partial charge >= 0.3 is 0 Å². The summed E-state index contributed by atoms with van der Waals surface area (Å²) in [6.07, 6.45) is 3.56. The molecule has 0 atom stereocenters. The van der Waals surface area contributed by atoms with E-state index in [1.54, 1.807) is 18.2 Å².